The van der Waals surface area contributed by atoms with Crippen LogP contribution in [0.4, 0.5) is 0 Å². The Hall–Kier alpha value is -1.86. The molecule has 0 amide bonds. The lowest BCUT2D eigenvalue weighted by molar-refractivity contribution is 0.441. The zero-order valence-corrected chi connectivity index (χ0v) is 11.9. The minimum atomic E-state index is -3.48. The third kappa shape index (κ3) is 2.30. The molecule has 1 aliphatic heterocycles. The van der Waals surface area contributed by atoms with E-state index in [1.807, 2.05) is 13.2 Å². The fraction of sp³-hybridized carbons (Fsp3) is 0.308. The van der Waals surface area contributed by atoms with Crippen molar-refractivity contribution in [2.75, 3.05) is 13.1 Å². The molecule has 0 spiro atoms. The van der Waals surface area contributed by atoms with E-state index in [2.05, 4.69) is 11.2 Å². The van der Waals surface area contributed by atoms with E-state index in [9.17, 15) is 8.42 Å². The Morgan fingerprint density at radius 1 is 1.40 bits per heavy atom. The molecule has 0 bridgehead atoms. The molecule has 2 aromatic heterocycles. The minimum Gasteiger partial charge on any atom is -0.471 e. The van der Waals surface area contributed by atoms with Crippen molar-refractivity contribution in [2.24, 2.45) is 7.05 Å². The van der Waals surface area contributed by atoms with Gasteiger partial charge in [-0.1, -0.05) is 6.08 Å². The summed E-state index contributed by atoms with van der Waals surface area (Å²) in [6.07, 6.45) is 9.03. The number of hydrogen-bond donors (Lipinski definition) is 0. The summed E-state index contributed by atoms with van der Waals surface area (Å²) in [5.41, 5.74) is 1.94. The maximum Gasteiger partial charge on any atom is 0.246 e. The van der Waals surface area contributed by atoms with Gasteiger partial charge in [-0.2, -0.15) is 9.40 Å². The van der Waals surface area contributed by atoms with E-state index in [1.165, 1.54) is 22.9 Å². The molecule has 20 heavy (non-hydrogen) atoms. The maximum atomic E-state index is 12.4. The molecular weight excluding hydrogens is 278 g/mol. The molecule has 0 unspecified atom stereocenters. The largest absolute Gasteiger partial charge is 0.471 e. The van der Waals surface area contributed by atoms with Crippen molar-refractivity contribution in [3.8, 4) is 0 Å². The number of aryl methyl sites for hydroxylation is 1. The molecule has 0 saturated heterocycles. The topological polar surface area (TPSA) is 68.3 Å². The van der Waals surface area contributed by atoms with E-state index in [0.29, 0.717) is 19.5 Å². The van der Waals surface area contributed by atoms with Gasteiger partial charge in [0.2, 0.25) is 10.0 Å². The maximum absolute atomic E-state index is 12.4. The summed E-state index contributed by atoms with van der Waals surface area (Å²) in [6.45, 7) is 0.844. The first-order chi connectivity index (χ1) is 9.57. The van der Waals surface area contributed by atoms with Crippen LogP contribution in [0.2, 0.25) is 0 Å². The zero-order chi connectivity index (χ0) is 14.2. The molecule has 6 nitrogen and oxygen atoms in total. The molecule has 2 aromatic rings. The average molecular weight is 293 g/mol. The molecule has 0 saturated carbocycles. The third-order valence-electron chi connectivity index (χ3n) is 3.32. The molecule has 0 fully saturated rings. The number of sulfonamides is 1. The zero-order valence-electron chi connectivity index (χ0n) is 11.1. The highest BCUT2D eigenvalue weighted by atomic mass is 32.2. The van der Waals surface area contributed by atoms with E-state index in [0.717, 1.165) is 11.1 Å². The quantitative estimate of drug-likeness (QED) is 0.860. The highest BCUT2D eigenvalue weighted by molar-refractivity contribution is 7.89. The smallest absolute Gasteiger partial charge is 0.246 e. The number of aromatic nitrogens is 2. The van der Waals surface area contributed by atoms with Gasteiger partial charge in [0, 0.05) is 31.9 Å². The molecule has 0 N–H and O–H groups in total. The number of furan rings is 1. The summed E-state index contributed by atoms with van der Waals surface area (Å²) < 4.78 is 32.9. The first-order valence-corrected chi connectivity index (χ1v) is 7.72. The van der Waals surface area contributed by atoms with E-state index in [1.54, 1.807) is 10.9 Å². The van der Waals surface area contributed by atoms with Crippen LogP contribution in [-0.4, -0.2) is 35.6 Å². The third-order valence-corrected chi connectivity index (χ3v) is 5.14. The highest BCUT2D eigenvalue weighted by Crippen LogP contribution is 2.25. The minimum absolute atomic E-state index is 0.199. The first kappa shape index (κ1) is 13.1. The van der Waals surface area contributed by atoms with Crippen molar-refractivity contribution < 1.29 is 12.8 Å². The summed E-state index contributed by atoms with van der Waals surface area (Å²) in [5, 5.41) is 4.12. The lowest BCUT2D eigenvalue weighted by atomic mass is 10.1. The second-order valence-corrected chi connectivity index (χ2v) is 6.66. The van der Waals surface area contributed by atoms with Crippen LogP contribution in [0, 0.1) is 0 Å². The SMILES string of the molecule is Cn1cc(C2=CCCN(S(=O)(=O)c3ccoc3)C2)cn1. The van der Waals surface area contributed by atoms with Crippen LogP contribution in [0.25, 0.3) is 5.57 Å². The van der Waals surface area contributed by atoms with Crippen LogP contribution in [-0.2, 0) is 17.1 Å². The molecule has 0 radical (unpaired) electrons. The number of hydrogen-bond acceptors (Lipinski definition) is 4. The van der Waals surface area contributed by atoms with Crippen molar-refractivity contribution in [1.82, 2.24) is 14.1 Å². The fourth-order valence-corrected chi connectivity index (χ4v) is 3.62. The summed E-state index contributed by atoms with van der Waals surface area (Å²) in [6, 6.07) is 1.47. The van der Waals surface area contributed by atoms with Gasteiger partial charge in [-0.15, -0.1) is 0 Å². The average Bonchev–Trinajstić information content (AvgIpc) is 3.10. The van der Waals surface area contributed by atoms with Crippen molar-refractivity contribution in [3.05, 3.63) is 42.6 Å². The highest BCUT2D eigenvalue weighted by Gasteiger charge is 2.28. The van der Waals surface area contributed by atoms with E-state index >= 15 is 0 Å². The summed E-state index contributed by atoms with van der Waals surface area (Å²) >= 11 is 0. The molecule has 1 aliphatic rings. The Morgan fingerprint density at radius 2 is 2.25 bits per heavy atom. The van der Waals surface area contributed by atoms with Gasteiger partial charge in [0.1, 0.15) is 11.2 Å². The molecule has 106 valence electrons. The van der Waals surface area contributed by atoms with Gasteiger partial charge in [0.25, 0.3) is 0 Å². The van der Waals surface area contributed by atoms with Crippen LogP contribution < -0.4 is 0 Å². The predicted molar refractivity (Wildman–Crippen MR) is 73.3 cm³/mol. The van der Waals surface area contributed by atoms with Crippen LogP contribution >= 0.6 is 0 Å². The standard InChI is InChI=1S/C13H15N3O3S/c1-15-8-12(7-14-15)11-3-2-5-16(9-11)20(17,18)13-4-6-19-10-13/h3-4,6-8,10H,2,5,9H2,1H3. The second kappa shape index (κ2) is 4.92. The van der Waals surface area contributed by atoms with Crippen molar-refractivity contribution in [1.29, 1.82) is 0 Å². The Labute approximate surface area is 117 Å². The van der Waals surface area contributed by atoms with Crippen LogP contribution in [0.1, 0.15) is 12.0 Å². The summed E-state index contributed by atoms with van der Waals surface area (Å²) in [4.78, 5) is 0.199. The van der Waals surface area contributed by atoms with Gasteiger partial charge < -0.3 is 4.42 Å². The van der Waals surface area contributed by atoms with E-state index in [-0.39, 0.29) is 4.90 Å². The first-order valence-electron chi connectivity index (χ1n) is 6.28. The monoisotopic (exact) mass is 293 g/mol. The van der Waals surface area contributed by atoms with Gasteiger partial charge in [0.05, 0.1) is 12.5 Å². The predicted octanol–water partition coefficient (Wildman–Crippen LogP) is 1.49. The Balaban J connectivity index is 1.86. The van der Waals surface area contributed by atoms with Gasteiger partial charge in [-0.25, -0.2) is 8.42 Å². The molecule has 7 heteroatoms. The molecule has 3 rings (SSSR count). The lowest BCUT2D eigenvalue weighted by Crippen LogP contribution is -2.35. The Bertz CT molecular complexity index is 729. The van der Waals surface area contributed by atoms with Crippen LogP contribution in [0.3, 0.4) is 0 Å². The van der Waals surface area contributed by atoms with E-state index < -0.39 is 10.0 Å². The second-order valence-electron chi connectivity index (χ2n) is 4.72. The molecule has 0 aromatic carbocycles. The molecule has 3 heterocycles. The lowest BCUT2D eigenvalue weighted by Gasteiger charge is -2.25. The Kier molecular flexibility index (Phi) is 3.23. The molecule has 0 atom stereocenters. The Morgan fingerprint density at radius 3 is 2.90 bits per heavy atom. The fourth-order valence-electron chi connectivity index (χ4n) is 2.27. The summed E-state index contributed by atoms with van der Waals surface area (Å²) in [7, 11) is -1.64. The van der Waals surface area contributed by atoms with Gasteiger partial charge in [-0.3, -0.25) is 4.68 Å². The normalized spacial score (nSPS) is 17.1. The van der Waals surface area contributed by atoms with Gasteiger partial charge in [0.15, 0.2) is 0 Å². The van der Waals surface area contributed by atoms with Crippen molar-refractivity contribution in [3.63, 3.8) is 0 Å². The molecular formula is C13H15N3O3S. The molecule has 0 aliphatic carbocycles. The van der Waals surface area contributed by atoms with Crippen molar-refractivity contribution >= 4 is 15.6 Å². The van der Waals surface area contributed by atoms with Gasteiger partial charge >= 0.3 is 0 Å². The van der Waals surface area contributed by atoms with Crippen LogP contribution in [0.15, 0.2) is 46.4 Å². The van der Waals surface area contributed by atoms with E-state index in [4.69, 9.17) is 4.42 Å². The van der Waals surface area contributed by atoms with Crippen LogP contribution in [0.5, 0.6) is 0 Å². The summed E-state index contributed by atoms with van der Waals surface area (Å²) in [5.74, 6) is 0. The number of nitrogens with zero attached hydrogens (tertiary/aromatic N) is 3. The van der Waals surface area contributed by atoms with Gasteiger partial charge in [-0.05, 0) is 18.1 Å². The number of rotatable bonds is 3. The van der Waals surface area contributed by atoms with Crippen molar-refractivity contribution in [2.45, 2.75) is 11.3 Å².